The van der Waals surface area contributed by atoms with Crippen molar-refractivity contribution in [2.24, 2.45) is 5.92 Å². The predicted octanol–water partition coefficient (Wildman–Crippen LogP) is 3.62. The van der Waals surface area contributed by atoms with Crippen molar-refractivity contribution in [2.75, 3.05) is 10.6 Å². The Balaban J connectivity index is 1.94. The molecule has 7 nitrogen and oxygen atoms in total. The number of urea groups is 1. The van der Waals surface area contributed by atoms with Crippen molar-refractivity contribution in [1.82, 2.24) is 5.32 Å². The van der Waals surface area contributed by atoms with Crippen LogP contribution in [-0.2, 0) is 4.79 Å². The molecule has 0 saturated heterocycles. The molecule has 138 valence electrons. The van der Waals surface area contributed by atoms with Crippen LogP contribution in [0.3, 0.4) is 0 Å². The molecule has 0 aliphatic rings. The van der Waals surface area contributed by atoms with Crippen LogP contribution >= 0.6 is 11.3 Å². The third-order valence-corrected chi connectivity index (χ3v) is 4.41. The van der Waals surface area contributed by atoms with Gasteiger partial charge in [-0.2, -0.15) is 0 Å². The Morgan fingerprint density at radius 1 is 1.04 bits per heavy atom. The lowest BCUT2D eigenvalue weighted by atomic mass is 10.0. The molecular formula is C18H21N3O4S. The normalized spacial score (nSPS) is 11.7. The minimum Gasteiger partial charge on any atom is -0.480 e. The predicted molar refractivity (Wildman–Crippen MR) is 102 cm³/mol. The molecule has 0 fully saturated rings. The first-order chi connectivity index (χ1) is 12.3. The second-order valence-electron chi connectivity index (χ2n) is 6.10. The van der Waals surface area contributed by atoms with Crippen LogP contribution in [0.2, 0.25) is 0 Å². The van der Waals surface area contributed by atoms with Crippen molar-refractivity contribution in [3.63, 3.8) is 0 Å². The van der Waals surface area contributed by atoms with E-state index in [1.807, 2.05) is 19.9 Å². The van der Waals surface area contributed by atoms with E-state index in [0.717, 1.165) is 11.3 Å². The molecule has 0 radical (unpaired) electrons. The number of hydrogen-bond donors (Lipinski definition) is 4. The highest BCUT2D eigenvalue weighted by Gasteiger charge is 2.22. The van der Waals surface area contributed by atoms with E-state index in [1.165, 1.54) is 0 Å². The Labute approximate surface area is 155 Å². The fourth-order valence-corrected chi connectivity index (χ4v) is 3.05. The highest BCUT2D eigenvalue weighted by atomic mass is 32.1. The maximum atomic E-state index is 12.2. The average Bonchev–Trinajstić information content (AvgIpc) is 3.03. The van der Waals surface area contributed by atoms with Crippen molar-refractivity contribution in [1.29, 1.82) is 0 Å². The fraction of sp³-hybridized carbons (Fsp3) is 0.278. The smallest absolute Gasteiger partial charge is 0.326 e. The van der Waals surface area contributed by atoms with Gasteiger partial charge in [0.15, 0.2) is 0 Å². The van der Waals surface area contributed by atoms with Gasteiger partial charge >= 0.3 is 12.0 Å². The summed E-state index contributed by atoms with van der Waals surface area (Å²) in [6.45, 7) is 3.78. The van der Waals surface area contributed by atoms with Gasteiger partial charge in [-0.1, -0.05) is 32.0 Å². The monoisotopic (exact) mass is 375 g/mol. The quantitative estimate of drug-likeness (QED) is 0.593. The zero-order valence-electron chi connectivity index (χ0n) is 14.5. The number of thiophene rings is 1. The van der Waals surface area contributed by atoms with E-state index in [0.29, 0.717) is 22.0 Å². The highest BCUT2D eigenvalue weighted by Crippen LogP contribution is 2.22. The third kappa shape index (κ3) is 5.89. The number of carboxylic acid groups (broad SMARTS) is 1. The summed E-state index contributed by atoms with van der Waals surface area (Å²) in [6.07, 6.45) is 0.344. The molecule has 1 aromatic carbocycles. The standard InChI is InChI=1S/C18H21N3O4S/c1-11(2)10-13(17(23)24)20-16(22)14-8-9-15(26-14)21-18(25)19-12-6-4-3-5-7-12/h3-9,11,13H,10H2,1-2H3,(H,20,22)(H,23,24)(H2,19,21,25)/t13-/m1/s1. The SMILES string of the molecule is CC(C)C[C@@H](NC(=O)c1ccc(NC(=O)Nc2ccccc2)s1)C(=O)O. The first-order valence-corrected chi connectivity index (χ1v) is 8.93. The lowest BCUT2D eigenvalue weighted by Gasteiger charge is -2.15. The zero-order chi connectivity index (χ0) is 19.1. The molecule has 26 heavy (non-hydrogen) atoms. The number of anilines is 2. The Kier molecular flexibility index (Phi) is 6.74. The molecule has 0 bridgehead atoms. The van der Waals surface area contributed by atoms with Crippen molar-refractivity contribution >= 4 is 39.9 Å². The van der Waals surface area contributed by atoms with Crippen LogP contribution in [0, 0.1) is 5.92 Å². The fourth-order valence-electron chi connectivity index (χ4n) is 2.25. The number of aliphatic carboxylic acids is 1. The molecule has 0 aliphatic heterocycles. The highest BCUT2D eigenvalue weighted by molar-refractivity contribution is 7.18. The molecule has 2 rings (SSSR count). The number of rotatable bonds is 7. The Morgan fingerprint density at radius 2 is 1.73 bits per heavy atom. The van der Waals surface area contributed by atoms with Gasteiger partial charge in [-0.15, -0.1) is 11.3 Å². The summed E-state index contributed by atoms with van der Waals surface area (Å²) in [5.74, 6) is -1.40. The lowest BCUT2D eigenvalue weighted by Crippen LogP contribution is -2.41. The van der Waals surface area contributed by atoms with Crippen molar-refractivity contribution in [3.05, 3.63) is 47.3 Å². The number of carbonyl (C=O) groups excluding carboxylic acids is 2. The summed E-state index contributed by atoms with van der Waals surface area (Å²) in [4.78, 5) is 35.8. The van der Waals surface area contributed by atoms with Gasteiger partial charge in [-0.25, -0.2) is 9.59 Å². The van der Waals surface area contributed by atoms with E-state index in [9.17, 15) is 19.5 Å². The van der Waals surface area contributed by atoms with E-state index in [4.69, 9.17) is 0 Å². The van der Waals surface area contributed by atoms with E-state index in [1.54, 1.807) is 36.4 Å². The topological polar surface area (TPSA) is 108 Å². The van der Waals surface area contributed by atoms with Gasteiger partial charge in [0.25, 0.3) is 5.91 Å². The summed E-state index contributed by atoms with van der Waals surface area (Å²) < 4.78 is 0. The number of carboxylic acids is 1. The summed E-state index contributed by atoms with van der Waals surface area (Å²) in [5.41, 5.74) is 0.650. The number of benzene rings is 1. The zero-order valence-corrected chi connectivity index (χ0v) is 15.3. The van der Waals surface area contributed by atoms with Crippen LogP contribution in [0.4, 0.5) is 15.5 Å². The Bertz CT molecular complexity index is 774. The van der Waals surface area contributed by atoms with Crippen LogP contribution in [-0.4, -0.2) is 29.1 Å². The van der Waals surface area contributed by atoms with Crippen molar-refractivity contribution in [2.45, 2.75) is 26.3 Å². The molecular weight excluding hydrogens is 354 g/mol. The molecule has 0 spiro atoms. The second kappa shape index (κ2) is 9.00. The largest absolute Gasteiger partial charge is 0.480 e. The van der Waals surface area contributed by atoms with Crippen molar-refractivity contribution in [3.8, 4) is 0 Å². The van der Waals surface area contributed by atoms with Gasteiger partial charge in [0, 0.05) is 5.69 Å². The molecule has 1 heterocycles. The van der Waals surface area contributed by atoms with Crippen LogP contribution in [0.5, 0.6) is 0 Å². The van der Waals surface area contributed by atoms with Crippen LogP contribution < -0.4 is 16.0 Å². The number of para-hydroxylation sites is 1. The maximum Gasteiger partial charge on any atom is 0.326 e. The van der Waals surface area contributed by atoms with Crippen LogP contribution in [0.15, 0.2) is 42.5 Å². The van der Waals surface area contributed by atoms with Gasteiger partial charge in [0.1, 0.15) is 6.04 Å². The minimum absolute atomic E-state index is 0.138. The van der Waals surface area contributed by atoms with Crippen LogP contribution in [0.1, 0.15) is 29.9 Å². The molecule has 0 aliphatic carbocycles. The number of amides is 3. The van der Waals surface area contributed by atoms with E-state index >= 15 is 0 Å². The molecule has 4 N–H and O–H groups in total. The third-order valence-electron chi connectivity index (χ3n) is 3.41. The Morgan fingerprint density at radius 3 is 2.35 bits per heavy atom. The van der Waals surface area contributed by atoms with E-state index < -0.39 is 23.9 Å². The molecule has 0 unspecified atom stereocenters. The summed E-state index contributed by atoms with van der Waals surface area (Å²) >= 11 is 1.08. The van der Waals surface area contributed by atoms with Gasteiger partial charge in [-0.05, 0) is 36.6 Å². The summed E-state index contributed by atoms with van der Waals surface area (Å²) in [7, 11) is 0. The van der Waals surface area contributed by atoms with E-state index in [2.05, 4.69) is 16.0 Å². The number of nitrogens with one attached hydrogen (secondary N) is 3. The molecule has 2 aromatic rings. The van der Waals surface area contributed by atoms with Crippen LogP contribution in [0.25, 0.3) is 0 Å². The number of carbonyl (C=O) groups is 3. The first-order valence-electron chi connectivity index (χ1n) is 8.11. The average molecular weight is 375 g/mol. The maximum absolute atomic E-state index is 12.2. The molecule has 1 aromatic heterocycles. The minimum atomic E-state index is -1.07. The summed E-state index contributed by atoms with van der Waals surface area (Å²) in [5, 5.41) is 17.5. The molecule has 0 saturated carbocycles. The molecule has 3 amide bonds. The van der Waals surface area contributed by atoms with Gasteiger partial charge < -0.3 is 15.7 Å². The lowest BCUT2D eigenvalue weighted by molar-refractivity contribution is -0.139. The number of hydrogen-bond acceptors (Lipinski definition) is 4. The molecule has 1 atom stereocenters. The molecule has 8 heteroatoms. The summed E-state index contributed by atoms with van der Waals surface area (Å²) in [6, 6.07) is 10.8. The second-order valence-corrected chi connectivity index (χ2v) is 7.19. The Hall–Kier alpha value is -2.87. The van der Waals surface area contributed by atoms with Crippen molar-refractivity contribution < 1.29 is 19.5 Å². The van der Waals surface area contributed by atoms with E-state index in [-0.39, 0.29) is 5.92 Å². The van der Waals surface area contributed by atoms with Gasteiger partial charge in [-0.3, -0.25) is 10.1 Å². The van der Waals surface area contributed by atoms with Gasteiger partial charge in [0.2, 0.25) is 0 Å². The van der Waals surface area contributed by atoms with Gasteiger partial charge in [0.05, 0.1) is 9.88 Å². The first kappa shape index (κ1) is 19.5.